The van der Waals surface area contributed by atoms with Crippen molar-refractivity contribution in [1.82, 2.24) is 10.2 Å². The maximum atomic E-state index is 12.1. The molecular formula is C13H15BrN2O2S. The lowest BCUT2D eigenvalue weighted by molar-refractivity contribution is -0.128. The summed E-state index contributed by atoms with van der Waals surface area (Å²) >= 11 is 4.76. The Hall–Kier alpha value is -0.880. The number of hydrogen-bond donors (Lipinski definition) is 1. The Morgan fingerprint density at radius 2 is 2.32 bits per heavy atom. The van der Waals surface area contributed by atoms with E-state index in [2.05, 4.69) is 28.2 Å². The summed E-state index contributed by atoms with van der Waals surface area (Å²) in [4.78, 5) is 26.6. The second kappa shape index (κ2) is 4.90. The summed E-state index contributed by atoms with van der Waals surface area (Å²) in [5, 5.41) is 4.83. The molecule has 102 valence electrons. The van der Waals surface area contributed by atoms with Gasteiger partial charge in [-0.1, -0.05) is 6.92 Å². The molecule has 19 heavy (non-hydrogen) atoms. The number of carbonyl (C=O) groups is 2. The van der Waals surface area contributed by atoms with Gasteiger partial charge >= 0.3 is 0 Å². The van der Waals surface area contributed by atoms with Crippen molar-refractivity contribution in [2.45, 2.75) is 31.8 Å². The molecule has 0 bridgehead atoms. The summed E-state index contributed by atoms with van der Waals surface area (Å²) in [5.74, 6) is 0.695. The van der Waals surface area contributed by atoms with E-state index in [-0.39, 0.29) is 17.9 Å². The minimum atomic E-state index is -0.0922. The fraction of sp³-hybridized carbons (Fsp3) is 0.538. The third kappa shape index (κ3) is 2.56. The van der Waals surface area contributed by atoms with Crippen LogP contribution in [0.4, 0.5) is 0 Å². The SMILES string of the molecule is C[C@@H]1C[C@H]1N1C[C@@H](NC(=O)c2sccc2Br)CC1=O. The van der Waals surface area contributed by atoms with Crippen molar-refractivity contribution in [2.75, 3.05) is 6.54 Å². The molecule has 1 aliphatic heterocycles. The summed E-state index contributed by atoms with van der Waals surface area (Å²) < 4.78 is 0.812. The standard InChI is InChI=1S/C13H15BrN2O2S/c1-7-4-10(7)16-6-8(5-11(16)17)15-13(18)12-9(14)2-3-19-12/h2-3,7-8,10H,4-6H2,1H3,(H,15,18)/t7-,8+,10-/m1/s1. The van der Waals surface area contributed by atoms with Gasteiger partial charge in [-0.3, -0.25) is 9.59 Å². The molecule has 0 aromatic carbocycles. The van der Waals surface area contributed by atoms with Gasteiger partial charge in [-0.25, -0.2) is 0 Å². The fourth-order valence-electron chi connectivity index (χ4n) is 2.59. The zero-order valence-corrected chi connectivity index (χ0v) is 13.0. The van der Waals surface area contributed by atoms with E-state index in [1.54, 1.807) is 0 Å². The van der Waals surface area contributed by atoms with Gasteiger partial charge in [-0.05, 0) is 39.7 Å². The van der Waals surface area contributed by atoms with Gasteiger partial charge in [0.05, 0.1) is 6.04 Å². The number of halogens is 1. The predicted octanol–water partition coefficient (Wildman–Crippen LogP) is 2.25. The van der Waals surface area contributed by atoms with Gasteiger partial charge in [0.1, 0.15) is 4.88 Å². The van der Waals surface area contributed by atoms with E-state index in [0.29, 0.717) is 29.8 Å². The van der Waals surface area contributed by atoms with Crippen molar-refractivity contribution < 1.29 is 9.59 Å². The highest BCUT2D eigenvalue weighted by atomic mass is 79.9. The number of carbonyl (C=O) groups excluding carboxylic acids is 2. The molecule has 0 unspecified atom stereocenters. The van der Waals surface area contributed by atoms with Gasteiger partial charge in [0.2, 0.25) is 5.91 Å². The molecule has 1 saturated carbocycles. The van der Waals surface area contributed by atoms with E-state index in [1.807, 2.05) is 16.3 Å². The minimum absolute atomic E-state index is 0.0539. The lowest BCUT2D eigenvalue weighted by atomic mass is 10.2. The van der Waals surface area contributed by atoms with E-state index in [0.717, 1.165) is 10.9 Å². The molecule has 1 aromatic heterocycles. The molecule has 6 heteroatoms. The Labute approximate surface area is 124 Å². The lowest BCUT2D eigenvalue weighted by Crippen LogP contribution is -2.37. The second-order valence-corrected chi connectivity index (χ2v) is 7.07. The van der Waals surface area contributed by atoms with Crippen LogP contribution >= 0.6 is 27.3 Å². The number of nitrogens with zero attached hydrogens (tertiary/aromatic N) is 1. The van der Waals surface area contributed by atoms with Gasteiger partial charge < -0.3 is 10.2 Å². The predicted molar refractivity (Wildman–Crippen MR) is 77.2 cm³/mol. The van der Waals surface area contributed by atoms with Crippen molar-refractivity contribution in [2.24, 2.45) is 5.92 Å². The molecule has 2 fully saturated rings. The highest BCUT2D eigenvalue weighted by Gasteiger charge is 2.44. The maximum Gasteiger partial charge on any atom is 0.262 e. The number of amides is 2. The van der Waals surface area contributed by atoms with Crippen molar-refractivity contribution in [3.8, 4) is 0 Å². The smallest absolute Gasteiger partial charge is 0.262 e. The molecule has 1 aliphatic carbocycles. The number of nitrogens with one attached hydrogen (secondary N) is 1. The topological polar surface area (TPSA) is 49.4 Å². The van der Waals surface area contributed by atoms with Crippen LogP contribution in [0.2, 0.25) is 0 Å². The molecule has 2 aliphatic rings. The van der Waals surface area contributed by atoms with Gasteiger partial charge in [0.25, 0.3) is 5.91 Å². The number of hydrogen-bond acceptors (Lipinski definition) is 3. The Kier molecular flexibility index (Phi) is 3.39. The highest BCUT2D eigenvalue weighted by molar-refractivity contribution is 9.10. The Morgan fingerprint density at radius 1 is 1.58 bits per heavy atom. The average molecular weight is 343 g/mol. The van der Waals surface area contributed by atoms with Crippen LogP contribution in [0.5, 0.6) is 0 Å². The van der Waals surface area contributed by atoms with Gasteiger partial charge in [-0.15, -0.1) is 11.3 Å². The summed E-state index contributed by atoms with van der Waals surface area (Å²) in [7, 11) is 0. The fourth-order valence-corrected chi connectivity index (χ4v) is 4.05. The summed E-state index contributed by atoms with van der Waals surface area (Å²) in [6, 6.07) is 2.21. The number of thiophene rings is 1. The molecule has 2 amide bonds. The van der Waals surface area contributed by atoms with Crippen molar-refractivity contribution in [3.05, 3.63) is 20.8 Å². The van der Waals surface area contributed by atoms with E-state index < -0.39 is 0 Å². The zero-order valence-electron chi connectivity index (χ0n) is 10.6. The quantitative estimate of drug-likeness (QED) is 0.915. The maximum absolute atomic E-state index is 12.1. The average Bonchev–Trinajstić information content (AvgIpc) is 2.75. The summed E-state index contributed by atoms with van der Waals surface area (Å²) in [6.07, 6.45) is 1.53. The Balaban J connectivity index is 1.61. The van der Waals surface area contributed by atoms with E-state index in [4.69, 9.17) is 0 Å². The number of likely N-dealkylation sites (tertiary alicyclic amines) is 1. The second-order valence-electron chi connectivity index (χ2n) is 5.30. The van der Waals surface area contributed by atoms with E-state index in [9.17, 15) is 9.59 Å². The Morgan fingerprint density at radius 3 is 2.89 bits per heavy atom. The van der Waals surface area contributed by atoms with Crippen LogP contribution in [0.1, 0.15) is 29.4 Å². The van der Waals surface area contributed by atoms with Crippen LogP contribution in [-0.4, -0.2) is 35.3 Å². The zero-order chi connectivity index (χ0) is 13.6. The van der Waals surface area contributed by atoms with Crippen LogP contribution in [-0.2, 0) is 4.79 Å². The van der Waals surface area contributed by atoms with Crippen LogP contribution in [0.25, 0.3) is 0 Å². The minimum Gasteiger partial charge on any atom is -0.346 e. The molecule has 2 heterocycles. The summed E-state index contributed by atoms with van der Waals surface area (Å²) in [5.41, 5.74) is 0. The normalized spacial score (nSPS) is 29.7. The van der Waals surface area contributed by atoms with Gasteiger partial charge in [0, 0.05) is 23.5 Å². The first-order valence-corrected chi connectivity index (χ1v) is 8.07. The third-order valence-corrected chi connectivity index (χ3v) is 5.62. The summed E-state index contributed by atoms with van der Waals surface area (Å²) in [6.45, 7) is 2.81. The van der Waals surface area contributed by atoms with Crippen molar-refractivity contribution in [1.29, 1.82) is 0 Å². The molecule has 0 radical (unpaired) electrons. The van der Waals surface area contributed by atoms with Crippen molar-refractivity contribution >= 4 is 39.1 Å². The highest BCUT2D eigenvalue weighted by Crippen LogP contribution is 2.37. The lowest BCUT2D eigenvalue weighted by Gasteiger charge is -2.16. The molecular weight excluding hydrogens is 328 g/mol. The third-order valence-electron chi connectivity index (χ3n) is 3.78. The van der Waals surface area contributed by atoms with Gasteiger partial charge in [-0.2, -0.15) is 0 Å². The monoisotopic (exact) mass is 342 g/mol. The first-order chi connectivity index (χ1) is 9.06. The molecule has 1 N–H and O–H groups in total. The number of rotatable bonds is 3. The van der Waals surface area contributed by atoms with Gasteiger partial charge in [0.15, 0.2) is 0 Å². The first kappa shape index (κ1) is 13.1. The van der Waals surface area contributed by atoms with Crippen LogP contribution in [0.15, 0.2) is 15.9 Å². The molecule has 4 nitrogen and oxygen atoms in total. The Bertz CT molecular complexity index is 530. The molecule has 0 spiro atoms. The largest absolute Gasteiger partial charge is 0.346 e. The molecule has 3 rings (SSSR count). The van der Waals surface area contributed by atoms with E-state index in [1.165, 1.54) is 11.3 Å². The molecule has 1 saturated heterocycles. The van der Waals surface area contributed by atoms with Crippen LogP contribution < -0.4 is 5.32 Å². The van der Waals surface area contributed by atoms with Crippen molar-refractivity contribution in [3.63, 3.8) is 0 Å². The van der Waals surface area contributed by atoms with E-state index >= 15 is 0 Å². The first-order valence-electron chi connectivity index (χ1n) is 6.39. The molecule has 3 atom stereocenters. The molecule has 1 aromatic rings. The van der Waals surface area contributed by atoms with Crippen LogP contribution in [0.3, 0.4) is 0 Å². The van der Waals surface area contributed by atoms with Crippen LogP contribution in [0, 0.1) is 5.92 Å².